The number of carbonyl (C=O) groups is 1. The van der Waals surface area contributed by atoms with Crippen molar-refractivity contribution in [3.63, 3.8) is 0 Å². The molecule has 1 N–H and O–H groups in total. The SMILES string of the molecule is Cc1ccc(CNC(=O)N(C)CC2CCOCC2)cc1. The number of urea groups is 1. The Morgan fingerprint density at radius 2 is 1.95 bits per heavy atom. The van der Waals surface area contributed by atoms with Crippen LogP contribution in [0.2, 0.25) is 0 Å². The lowest BCUT2D eigenvalue weighted by Gasteiger charge is -2.27. The largest absolute Gasteiger partial charge is 0.381 e. The molecule has 0 bridgehead atoms. The fourth-order valence-electron chi connectivity index (χ4n) is 2.42. The maximum atomic E-state index is 12.0. The average Bonchev–Trinajstić information content (AvgIpc) is 2.47. The molecule has 1 saturated heterocycles. The van der Waals surface area contributed by atoms with E-state index in [-0.39, 0.29) is 6.03 Å². The Bertz CT molecular complexity index is 425. The van der Waals surface area contributed by atoms with Crippen molar-refractivity contribution in [1.82, 2.24) is 10.2 Å². The van der Waals surface area contributed by atoms with E-state index in [1.807, 2.05) is 19.2 Å². The Labute approximate surface area is 121 Å². The molecule has 4 nitrogen and oxygen atoms in total. The van der Waals surface area contributed by atoms with Gasteiger partial charge in [-0.25, -0.2) is 4.79 Å². The van der Waals surface area contributed by atoms with E-state index < -0.39 is 0 Å². The lowest BCUT2D eigenvalue weighted by molar-refractivity contribution is 0.0586. The predicted molar refractivity (Wildman–Crippen MR) is 79.6 cm³/mol. The number of amides is 2. The lowest BCUT2D eigenvalue weighted by Crippen LogP contribution is -2.40. The number of carbonyl (C=O) groups excluding carboxylic acids is 1. The van der Waals surface area contributed by atoms with Crippen LogP contribution >= 0.6 is 0 Å². The van der Waals surface area contributed by atoms with Crippen molar-refractivity contribution < 1.29 is 9.53 Å². The Kier molecular flexibility index (Phi) is 5.41. The smallest absolute Gasteiger partial charge is 0.317 e. The summed E-state index contributed by atoms with van der Waals surface area (Å²) >= 11 is 0. The van der Waals surface area contributed by atoms with E-state index in [0.29, 0.717) is 12.5 Å². The van der Waals surface area contributed by atoms with Crippen molar-refractivity contribution in [2.45, 2.75) is 26.3 Å². The highest BCUT2D eigenvalue weighted by molar-refractivity contribution is 5.73. The molecule has 4 heteroatoms. The Morgan fingerprint density at radius 1 is 1.30 bits per heavy atom. The molecule has 1 aliphatic rings. The van der Waals surface area contributed by atoms with Crippen molar-refractivity contribution in [2.75, 3.05) is 26.8 Å². The van der Waals surface area contributed by atoms with Crippen LogP contribution in [-0.2, 0) is 11.3 Å². The quantitative estimate of drug-likeness (QED) is 0.918. The first-order valence-electron chi connectivity index (χ1n) is 7.27. The van der Waals surface area contributed by atoms with Gasteiger partial charge in [-0.15, -0.1) is 0 Å². The molecule has 1 aliphatic heterocycles. The monoisotopic (exact) mass is 276 g/mol. The number of hydrogen-bond acceptors (Lipinski definition) is 2. The van der Waals surface area contributed by atoms with Gasteiger partial charge in [0.1, 0.15) is 0 Å². The third-order valence-electron chi connectivity index (χ3n) is 3.78. The predicted octanol–water partition coefficient (Wildman–Crippen LogP) is 2.56. The molecule has 1 aromatic carbocycles. The molecule has 20 heavy (non-hydrogen) atoms. The Balaban J connectivity index is 1.74. The van der Waals surface area contributed by atoms with Crippen LogP contribution in [0.5, 0.6) is 0 Å². The third-order valence-corrected chi connectivity index (χ3v) is 3.78. The molecule has 0 aliphatic carbocycles. The van der Waals surface area contributed by atoms with Gasteiger partial charge in [-0.2, -0.15) is 0 Å². The van der Waals surface area contributed by atoms with E-state index >= 15 is 0 Å². The summed E-state index contributed by atoms with van der Waals surface area (Å²) in [6.07, 6.45) is 2.10. The van der Waals surface area contributed by atoms with Crippen molar-refractivity contribution in [1.29, 1.82) is 0 Å². The molecule has 1 aromatic rings. The van der Waals surface area contributed by atoms with Crippen molar-refractivity contribution in [3.8, 4) is 0 Å². The Morgan fingerprint density at radius 3 is 2.60 bits per heavy atom. The van der Waals surface area contributed by atoms with Crippen molar-refractivity contribution in [2.24, 2.45) is 5.92 Å². The van der Waals surface area contributed by atoms with E-state index in [1.165, 1.54) is 5.56 Å². The topological polar surface area (TPSA) is 41.6 Å². The van der Waals surface area contributed by atoms with Gasteiger partial charge in [0.05, 0.1) is 0 Å². The molecule has 0 radical (unpaired) electrons. The standard InChI is InChI=1S/C16H24N2O2/c1-13-3-5-14(6-4-13)11-17-16(19)18(2)12-15-7-9-20-10-8-15/h3-6,15H,7-12H2,1-2H3,(H,17,19). The molecule has 2 amide bonds. The molecule has 0 unspecified atom stereocenters. The molecule has 1 fully saturated rings. The van der Waals surface area contributed by atoms with E-state index in [9.17, 15) is 4.79 Å². The fourth-order valence-corrected chi connectivity index (χ4v) is 2.42. The lowest BCUT2D eigenvalue weighted by atomic mass is 10.00. The highest BCUT2D eigenvalue weighted by atomic mass is 16.5. The fraction of sp³-hybridized carbons (Fsp3) is 0.562. The zero-order chi connectivity index (χ0) is 14.4. The van der Waals surface area contributed by atoms with Crippen LogP contribution in [0, 0.1) is 12.8 Å². The highest BCUT2D eigenvalue weighted by Gasteiger charge is 2.18. The number of ether oxygens (including phenoxy) is 1. The number of hydrogen-bond donors (Lipinski definition) is 1. The van der Waals surface area contributed by atoms with Crippen LogP contribution in [0.15, 0.2) is 24.3 Å². The van der Waals surface area contributed by atoms with Crippen LogP contribution in [0.1, 0.15) is 24.0 Å². The number of nitrogens with one attached hydrogen (secondary N) is 1. The number of benzene rings is 1. The van der Waals surface area contributed by atoms with E-state index in [1.54, 1.807) is 4.90 Å². The number of aryl methyl sites for hydroxylation is 1. The second-order valence-electron chi connectivity index (χ2n) is 5.58. The first-order valence-corrected chi connectivity index (χ1v) is 7.27. The summed E-state index contributed by atoms with van der Waals surface area (Å²) in [6, 6.07) is 8.22. The molecular formula is C16H24N2O2. The van der Waals surface area contributed by atoms with E-state index in [2.05, 4.69) is 24.4 Å². The molecular weight excluding hydrogens is 252 g/mol. The van der Waals surface area contributed by atoms with Gasteiger partial charge in [-0.3, -0.25) is 0 Å². The molecule has 1 heterocycles. The van der Waals surface area contributed by atoms with Gasteiger partial charge in [-0.05, 0) is 31.2 Å². The average molecular weight is 276 g/mol. The summed E-state index contributed by atoms with van der Waals surface area (Å²) in [5.41, 5.74) is 2.36. The molecule has 0 spiro atoms. The van der Waals surface area contributed by atoms with E-state index in [0.717, 1.165) is 38.2 Å². The number of rotatable bonds is 4. The van der Waals surface area contributed by atoms with Gasteiger partial charge in [0, 0.05) is 33.4 Å². The summed E-state index contributed by atoms with van der Waals surface area (Å²) in [6.45, 7) is 5.09. The first-order chi connectivity index (χ1) is 9.65. The number of nitrogens with zero attached hydrogens (tertiary/aromatic N) is 1. The molecule has 0 atom stereocenters. The van der Waals surface area contributed by atoms with Crippen molar-refractivity contribution in [3.05, 3.63) is 35.4 Å². The van der Waals surface area contributed by atoms with Gasteiger partial charge in [0.2, 0.25) is 0 Å². The third kappa shape index (κ3) is 4.53. The molecule has 110 valence electrons. The minimum Gasteiger partial charge on any atom is -0.381 e. The maximum absolute atomic E-state index is 12.0. The highest BCUT2D eigenvalue weighted by Crippen LogP contribution is 2.15. The van der Waals surface area contributed by atoms with Gasteiger partial charge < -0.3 is 15.0 Å². The molecule has 0 saturated carbocycles. The van der Waals surface area contributed by atoms with Crippen LogP contribution in [0.3, 0.4) is 0 Å². The summed E-state index contributed by atoms with van der Waals surface area (Å²) in [5, 5.41) is 2.96. The van der Waals surface area contributed by atoms with Crippen LogP contribution in [0.4, 0.5) is 4.79 Å². The summed E-state index contributed by atoms with van der Waals surface area (Å²) in [5.74, 6) is 0.568. The first kappa shape index (κ1) is 14.9. The van der Waals surface area contributed by atoms with Crippen LogP contribution in [0.25, 0.3) is 0 Å². The van der Waals surface area contributed by atoms with Gasteiger partial charge in [0.25, 0.3) is 0 Å². The summed E-state index contributed by atoms with van der Waals surface area (Å²) in [7, 11) is 1.86. The van der Waals surface area contributed by atoms with Crippen LogP contribution < -0.4 is 5.32 Å². The molecule has 2 rings (SSSR count). The zero-order valence-corrected chi connectivity index (χ0v) is 12.4. The second kappa shape index (κ2) is 7.29. The van der Waals surface area contributed by atoms with Crippen LogP contribution in [-0.4, -0.2) is 37.7 Å². The Hall–Kier alpha value is -1.55. The second-order valence-corrected chi connectivity index (χ2v) is 5.58. The van der Waals surface area contributed by atoms with Gasteiger partial charge in [-0.1, -0.05) is 29.8 Å². The minimum absolute atomic E-state index is 0.00272. The molecule has 0 aromatic heterocycles. The minimum atomic E-state index is -0.00272. The van der Waals surface area contributed by atoms with Gasteiger partial charge in [0.15, 0.2) is 0 Å². The van der Waals surface area contributed by atoms with Gasteiger partial charge >= 0.3 is 6.03 Å². The normalized spacial score (nSPS) is 15.9. The maximum Gasteiger partial charge on any atom is 0.317 e. The van der Waals surface area contributed by atoms with E-state index in [4.69, 9.17) is 4.74 Å². The van der Waals surface area contributed by atoms with Crippen molar-refractivity contribution >= 4 is 6.03 Å². The summed E-state index contributed by atoms with van der Waals surface area (Å²) < 4.78 is 5.34. The zero-order valence-electron chi connectivity index (χ0n) is 12.4. The summed E-state index contributed by atoms with van der Waals surface area (Å²) in [4.78, 5) is 13.8.